The highest BCUT2D eigenvalue weighted by atomic mass is 32.1. The lowest BCUT2D eigenvalue weighted by molar-refractivity contribution is 0.174. The van der Waals surface area contributed by atoms with Crippen LogP contribution in [-0.4, -0.2) is 53.3 Å². The normalized spacial score (nSPS) is 13.3. The van der Waals surface area contributed by atoms with Crippen LogP contribution in [0, 0.1) is 0 Å². The predicted molar refractivity (Wildman–Crippen MR) is 459 cm³/mol. The third-order valence-electron chi connectivity index (χ3n) is 22.9. The van der Waals surface area contributed by atoms with Crippen LogP contribution in [0.5, 0.6) is 34.5 Å². The first-order valence-corrected chi connectivity index (χ1v) is 43.0. The van der Waals surface area contributed by atoms with Crippen LogP contribution in [-0.2, 0) is 19.6 Å². The van der Waals surface area contributed by atoms with Gasteiger partial charge in [0.25, 0.3) is 0 Å². The number of aryl methyl sites for hydroxylation is 3. The summed E-state index contributed by atoms with van der Waals surface area (Å²) < 4.78 is 44.6. The fourth-order valence-electron chi connectivity index (χ4n) is 17.2. The molecule has 0 aliphatic carbocycles. The highest BCUT2D eigenvalue weighted by Gasteiger charge is 2.27. The minimum atomic E-state index is 0.561. The zero-order valence-corrected chi connectivity index (χ0v) is 65.6. The predicted octanol–water partition coefficient (Wildman–Crippen LogP) is 28.1. The zero-order valence-electron chi connectivity index (χ0n) is 63.1. The Morgan fingerprint density at radius 1 is 0.257 bits per heavy atom. The van der Waals surface area contributed by atoms with Crippen LogP contribution in [0.1, 0.15) is 136 Å². The zero-order chi connectivity index (χ0) is 73.2. The van der Waals surface area contributed by atoms with Crippen molar-refractivity contribution in [3.63, 3.8) is 0 Å². The Morgan fingerprint density at radius 2 is 0.486 bits per heavy atom. The molecule has 9 aromatic carbocycles. The number of benzene rings is 9. The van der Waals surface area contributed by atoms with Crippen molar-refractivity contribution in [1.82, 2.24) is 13.7 Å². The van der Waals surface area contributed by atoms with Crippen LogP contribution in [0.2, 0.25) is 0 Å². The molecule has 10 nitrogen and oxygen atoms in total. The third-order valence-corrected chi connectivity index (χ3v) is 25.8. The van der Waals surface area contributed by atoms with Crippen LogP contribution in [0.15, 0.2) is 198 Å². The molecule has 6 aromatic heterocycles. The monoisotopic (exact) mass is 1500 g/mol. The van der Waals surface area contributed by atoms with E-state index in [1.54, 1.807) is 34.0 Å². The van der Waals surface area contributed by atoms with Crippen LogP contribution in [0.25, 0.3) is 130 Å². The fourth-order valence-corrected chi connectivity index (χ4v) is 20.0. The van der Waals surface area contributed by atoms with Gasteiger partial charge in [-0.15, -0.1) is 34.0 Å². The van der Waals surface area contributed by atoms with E-state index in [2.05, 4.69) is 238 Å². The van der Waals surface area contributed by atoms with Crippen molar-refractivity contribution < 1.29 is 28.4 Å². The lowest BCUT2D eigenvalue weighted by Gasteiger charge is -2.26. The summed E-state index contributed by atoms with van der Waals surface area (Å²) in [5.41, 5.74) is 21.4. The molecule has 0 radical (unpaired) electrons. The van der Waals surface area contributed by atoms with E-state index < -0.39 is 0 Å². The highest BCUT2D eigenvalue weighted by molar-refractivity contribution is 7.15. The first-order valence-electron chi connectivity index (χ1n) is 40.4. The second-order valence-electron chi connectivity index (χ2n) is 30.0. The molecule has 9 heterocycles. The van der Waals surface area contributed by atoms with Crippen LogP contribution in [0.3, 0.4) is 0 Å². The lowest BCUT2D eigenvalue weighted by atomic mass is 10.00. The van der Waals surface area contributed by atoms with Gasteiger partial charge in [0.15, 0.2) is 34.5 Å². The van der Waals surface area contributed by atoms with Crippen LogP contribution < -0.4 is 33.3 Å². The number of thiophene rings is 3. The smallest absolute Gasteiger partial charge is 0.179 e. The number of rotatable bonds is 30. The van der Waals surface area contributed by atoms with E-state index in [-0.39, 0.29) is 0 Å². The molecule has 3 aliphatic heterocycles. The van der Waals surface area contributed by atoms with Gasteiger partial charge in [-0.2, -0.15) is 0 Å². The Bertz CT molecular complexity index is 5190. The molecular formula is C96H96N4O6S3. The van der Waals surface area contributed by atoms with Crippen molar-refractivity contribution in [1.29, 1.82) is 0 Å². The Balaban J connectivity index is 0.707. The average molecular weight is 1500 g/mol. The van der Waals surface area contributed by atoms with Crippen molar-refractivity contribution in [2.45, 2.75) is 156 Å². The van der Waals surface area contributed by atoms with Crippen molar-refractivity contribution >= 4 is 116 Å². The molecule has 0 saturated heterocycles. The number of nitrogens with zero attached hydrogens (tertiary/aromatic N) is 4. The minimum absolute atomic E-state index is 0.561. The van der Waals surface area contributed by atoms with Gasteiger partial charge in [-0.3, -0.25) is 0 Å². The molecule has 0 atom stereocenters. The van der Waals surface area contributed by atoms with Gasteiger partial charge in [0, 0.05) is 118 Å². The lowest BCUT2D eigenvalue weighted by Crippen LogP contribution is -2.14. The van der Waals surface area contributed by atoms with Crippen molar-refractivity contribution in [3.8, 4) is 99.2 Å². The Morgan fingerprint density at radius 3 is 0.761 bits per heavy atom. The standard InChI is InChI=1S/C96H96N4O6S3/c1-4-7-10-13-16-19-46-97-82-40-28-67(55-76(82)79-58-70(31-43-85(79)97)94-91-88(61-107-94)101-49-52-104-91)64-22-34-73(35-23-64)100(74-36-24-65(25-37-74)68-29-41-83-77(56-68)80-59-71(95-92-89(62-108-95)102-50-53-105-92)32-44-86(80)98(83)47-20-17-14-11-8-5-2)75-38-26-66(27-39-75)69-30-42-84-78(57-69)81-60-72(96-93-90(63-109-96)103-51-54-106-93)33-45-87(81)99(84)48-21-18-15-12-9-6-3/h22-45,55-63H,4-21,46-54H2,1-3H3. The maximum Gasteiger partial charge on any atom is 0.179 e. The number of ether oxygens (including phenoxy) is 6. The van der Waals surface area contributed by atoms with Gasteiger partial charge in [-0.25, -0.2) is 0 Å². The van der Waals surface area contributed by atoms with E-state index in [0.717, 1.165) is 122 Å². The second kappa shape index (κ2) is 32.0. The van der Waals surface area contributed by atoms with E-state index in [1.165, 1.54) is 195 Å². The van der Waals surface area contributed by atoms with Gasteiger partial charge in [-0.1, -0.05) is 190 Å². The Hall–Kier alpha value is -9.92. The molecule has 0 spiro atoms. The molecule has 0 bridgehead atoms. The number of hydrogen-bond acceptors (Lipinski definition) is 10. The second-order valence-corrected chi connectivity index (χ2v) is 32.6. The van der Waals surface area contributed by atoms with Gasteiger partial charge >= 0.3 is 0 Å². The van der Waals surface area contributed by atoms with Gasteiger partial charge in [0.1, 0.15) is 39.6 Å². The third kappa shape index (κ3) is 14.0. The summed E-state index contributed by atoms with van der Waals surface area (Å²) in [6.07, 6.45) is 22.6. The van der Waals surface area contributed by atoms with E-state index in [4.69, 9.17) is 28.4 Å². The van der Waals surface area contributed by atoms with E-state index >= 15 is 0 Å². The van der Waals surface area contributed by atoms with Gasteiger partial charge in [0.05, 0.1) is 14.6 Å². The maximum atomic E-state index is 6.25. The summed E-state index contributed by atoms with van der Waals surface area (Å²) >= 11 is 5.11. The van der Waals surface area contributed by atoms with E-state index in [1.807, 2.05) is 0 Å². The summed E-state index contributed by atoms with van der Waals surface area (Å²) in [5, 5.41) is 13.9. The molecule has 0 N–H and O–H groups in total. The summed E-state index contributed by atoms with van der Waals surface area (Å²) in [5.74, 6) is 5.13. The molecule has 109 heavy (non-hydrogen) atoms. The van der Waals surface area contributed by atoms with E-state index in [0.29, 0.717) is 39.6 Å². The van der Waals surface area contributed by atoms with E-state index in [9.17, 15) is 0 Å². The van der Waals surface area contributed by atoms with Crippen LogP contribution in [0.4, 0.5) is 17.1 Å². The minimum Gasteiger partial charge on any atom is -0.485 e. The maximum absolute atomic E-state index is 6.25. The first-order chi connectivity index (χ1) is 53.9. The number of hydrogen-bond donors (Lipinski definition) is 0. The van der Waals surface area contributed by atoms with Gasteiger partial charge < -0.3 is 47.0 Å². The molecule has 554 valence electrons. The van der Waals surface area contributed by atoms with Crippen molar-refractivity contribution in [2.75, 3.05) is 44.5 Å². The average Bonchev–Trinajstić information content (AvgIpc) is 1.61. The summed E-state index contributed by atoms with van der Waals surface area (Å²) in [7, 11) is 0. The molecule has 13 heteroatoms. The van der Waals surface area contributed by atoms with Crippen molar-refractivity contribution in [3.05, 3.63) is 198 Å². The SMILES string of the molecule is CCCCCCCCn1c2ccc(-c3ccc(N(c4ccc(-c5ccc6c(c5)c5cc(-c7scc8c7OCCO8)ccc5n6CCCCCCCC)cc4)c4ccc(-c5ccc6c(c5)c5cc(-c7scc8c7OCCO8)ccc5n6CCCCCCCC)cc4)cc3)cc2c2cc(-c3scc4c3OCCO4)ccc21. The first kappa shape index (κ1) is 70.7. The Labute approximate surface area is 652 Å². The van der Waals surface area contributed by atoms with Gasteiger partial charge in [0.2, 0.25) is 0 Å². The van der Waals surface area contributed by atoms with Gasteiger partial charge in [-0.05, 0) is 179 Å². The number of anilines is 3. The van der Waals surface area contributed by atoms with Crippen molar-refractivity contribution in [2.24, 2.45) is 0 Å². The quantitative estimate of drug-likeness (QED) is 0.0415. The number of unbranched alkanes of at least 4 members (excludes halogenated alkanes) is 15. The molecule has 15 aromatic rings. The highest BCUT2D eigenvalue weighted by Crippen LogP contribution is 2.51. The molecule has 0 saturated carbocycles. The molecule has 18 rings (SSSR count). The summed E-state index contributed by atoms with van der Waals surface area (Å²) in [6, 6.07) is 70.2. The topological polar surface area (TPSA) is 73.4 Å². The van der Waals surface area contributed by atoms with Crippen LogP contribution >= 0.6 is 34.0 Å². The fraction of sp³-hybridized carbons (Fsp3) is 0.312. The Kier molecular flexibility index (Phi) is 20.7. The molecule has 0 unspecified atom stereocenters. The molecular weight excluding hydrogens is 1400 g/mol. The summed E-state index contributed by atoms with van der Waals surface area (Å²) in [6.45, 7) is 13.3. The largest absolute Gasteiger partial charge is 0.485 e. The summed E-state index contributed by atoms with van der Waals surface area (Å²) in [4.78, 5) is 5.79. The molecule has 3 aliphatic rings. The number of fused-ring (bicyclic) bond motifs is 12. The molecule has 0 fully saturated rings. The molecule has 0 amide bonds. The number of aromatic nitrogens is 3.